The molecule has 12 heavy (non-hydrogen) atoms. The maximum absolute atomic E-state index is 10.8. The van der Waals surface area contributed by atoms with Gasteiger partial charge < -0.3 is 16.8 Å². The van der Waals surface area contributed by atoms with E-state index in [4.69, 9.17) is 11.5 Å². The van der Waals surface area contributed by atoms with Crippen molar-refractivity contribution in [2.75, 3.05) is 6.54 Å². The Bertz CT molecular complexity index is 185. The largest absolute Gasteiger partial charge is 0.369 e. The Morgan fingerprint density at radius 1 is 1.25 bits per heavy atom. The smallest absolute Gasteiger partial charge is 0.234 e. The summed E-state index contributed by atoms with van der Waals surface area (Å²) in [6.45, 7) is 0.626. The van der Waals surface area contributed by atoms with Gasteiger partial charge in [-0.15, -0.1) is 0 Å². The van der Waals surface area contributed by atoms with Crippen LogP contribution in [0.4, 0.5) is 0 Å². The molecule has 0 radical (unpaired) electrons. The molecule has 1 aliphatic heterocycles. The molecule has 1 rings (SSSR count). The second-order valence-electron chi connectivity index (χ2n) is 3.03. The molecule has 2 amide bonds. The molecule has 1 heterocycles. The number of rotatable bonds is 2. The van der Waals surface area contributed by atoms with Gasteiger partial charge >= 0.3 is 0 Å². The normalized spacial score (nSPS) is 29.7. The molecule has 0 saturated carbocycles. The number of carbonyl (C=O) groups is 2. The number of hydrogen-bond donors (Lipinski definition) is 3. The third-order valence-corrected chi connectivity index (χ3v) is 2.15. The fraction of sp³-hybridized carbons (Fsp3) is 0.714. The quantitative estimate of drug-likeness (QED) is 0.463. The summed E-state index contributed by atoms with van der Waals surface area (Å²) < 4.78 is 0. The van der Waals surface area contributed by atoms with Crippen LogP contribution < -0.4 is 16.8 Å². The number of nitrogens with two attached hydrogens (primary N) is 2. The Balaban J connectivity index is 2.51. The lowest BCUT2D eigenvalue weighted by molar-refractivity contribution is -0.125. The summed E-state index contributed by atoms with van der Waals surface area (Å²) in [7, 11) is 0. The lowest BCUT2D eigenvalue weighted by atomic mass is 9.92. The van der Waals surface area contributed by atoms with Crippen molar-refractivity contribution < 1.29 is 9.59 Å². The zero-order valence-electron chi connectivity index (χ0n) is 6.75. The van der Waals surface area contributed by atoms with Crippen LogP contribution in [0.3, 0.4) is 0 Å². The molecule has 1 fully saturated rings. The van der Waals surface area contributed by atoms with Gasteiger partial charge in [-0.05, 0) is 19.4 Å². The van der Waals surface area contributed by atoms with Crippen molar-refractivity contribution in [1.82, 2.24) is 5.32 Å². The highest BCUT2D eigenvalue weighted by molar-refractivity contribution is 5.82. The van der Waals surface area contributed by atoms with E-state index in [1.165, 1.54) is 0 Å². The summed E-state index contributed by atoms with van der Waals surface area (Å²) in [5.41, 5.74) is 10.2. The number of primary amides is 2. The van der Waals surface area contributed by atoms with Gasteiger partial charge in [-0.2, -0.15) is 0 Å². The van der Waals surface area contributed by atoms with E-state index >= 15 is 0 Å². The van der Waals surface area contributed by atoms with Crippen LogP contribution in [0.5, 0.6) is 0 Å². The minimum atomic E-state index is -0.416. The van der Waals surface area contributed by atoms with Gasteiger partial charge in [0.05, 0.1) is 6.04 Å². The van der Waals surface area contributed by atoms with Crippen molar-refractivity contribution in [2.24, 2.45) is 17.4 Å². The van der Waals surface area contributed by atoms with Crippen LogP contribution in [0.1, 0.15) is 12.8 Å². The van der Waals surface area contributed by atoms with Gasteiger partial charge in [0, 0.05) is 5.92 Å². The summed E-state index contributed by atoms with van der Waals surface area (Å²) >= 11 is 0. The van der Waals surface area contributed by atoms with E-state index in [9.17, 15) is 9.59 Å². The number of piperidine rings is 1. The Kier molecular flexibility index (Phi) is 2.65. The molecule has 0 spiro atoms. The zero-order valence-corrected chi connectivity index (χ0v) is 6.75. The van der Waals surface area contributed by atoms with Crippen molar-refractivity contribution in [3.63, 3.8) is 0 Å². The Labute approximate surface area is 70.5 Å². The van der Waals surface area contributed by atoms with E-state index in [2.05, 4.69) is 5.32 Å². The molecule has 68 valence electrons. The van der Waals surface area contributed by atoms with Crippen LogP contribution >= 0.6 is 0 Å². The van der Waals surface area contributed by atoms with Crippen molar-refractivity contribution in [1.29, 1.82) is 0 Å². The number of carbonyl (C=O) groups excluding carboxylic acids is 2. The second kappa shape index (κ2) is 3.53. The van der Waals surface area contributed by atoms with Gasteiger partial charge in [-0.1, -0.05) is 0 Å². The average Bonchev–Trinajstić information content (AvgIpc) is 2.04. The molecular weight excluding hydrogens is 158 g/mol. The minimum Gasteiger partial charge on any atom is -0.369 e. The molecule has 5 nitrogen and oxygen atoms in total. The molecule has 2 atom stereocenters. The van der Waals surface area contributed by atoms with Crippen molar-refractivity contribution in [3.05, 3.63) is 0 Å². The Morgan fingerprint density at radius 3 is 2.42 bits per heavy atom. The maximum atomic E-state index is 10.8. The van der Waals surface area contributed by atoms with Crippen molar-refractivity contribution in [2.45, 2.75) is 18.9 Å². The molecule has 0 aromatic heterocycles. The summed E-state index contributed by atoms with van der Waals surface area (Å²) in [6, 6.07) is -0.392. The maximum Gasteiger partial charge on any atom is 0.234 e. The fourth-order valence-corrected chi connectivity index (χ4v) is 1.39. The van der Waals surface area contributed by atoms with Crippen LogP contribution in [-0.4, -0.2) is 24.4 Å². The van der Waals surface area contributed by atoms with Crippen LogP contribution in [-0.2, 0) is 9.59 Å². The number of nitrogens with one attached hydrogen (secondary N) is 1. The summed E-state index contributed by atoms with van der Waals surface area (Å²) in [5, 5.41) is 2.92. The fourth-order valence-electron chi connectivity index (χ4n) is 1.39. The summed E-state index contributed by atoms with van der Waals surface area (Å²) in [5.74, 6) is -0.965. The molecule has 0 aromatic rings. The molecular formula is C7H13N3O2. The van der Waals surface area contributed by atoms with E-state index in [0.717, 1.165) is 0 Å². The summed E-state index contributed by atoms with van der Waals surface area (Å²) in [6.07, 6.45) is 1.13. The first-order chi connectivity index (χ1) is 5.61. The average molecular weight is 171 g/mol. The standard InChI is InChI=1S/C7H13N3O2/c8-6(11)4-1-2-10-5(3-4)7(9)12/h4-5,10H,1-3H2,(H2,8,11)(H2,9,12)/t4-,5-/m0/s1. The van der Waals surface area contributed by atoms with Gasteiger partial charge in [0.1, 0.15) is 0 Å². The Morgan fingerprint density at radius 2 is 1.92 bits per heavy atom. The molecule has 0 unspecified atom stereocenters. The predicted octanol–water partition coefficient (Wildman–Crippen LogP) is -1.67. The third kappa shape index (κ3) is 1.94. The van der Waals surface area contributed by atoms with Crippen LogP contribution in [0.25, 0.3) is 0 Å². The van der Waals surface area contributed by atoms with E-state index in [1.54, 1.807) is 0 Å². The number of amides is 2. The minimum absolute atomic E-state index is 0.205. The first kappa shape index (κ1) is 8.99. The molecule has 1 saturated heterocycles. The van der Waals surface area contributed by atoms with Crippen LogP contribution in [0, 0.1) is 5.92 Å². The van der Waals surface area contributed by atoms with E-state index in [-0.39, 0.29) is 11.8 Å². The summed E-state index contributed by atoms with van der Waals surface area (Å²) in [4.78, 5) is 21.5. The SMILES string of the molecule is NC(=O)[C@H]1CCN[C@H](C(N)=O)C1. The van der Waals surface area contributed by atoms with E-state index in [0.29, 0.717) is 19.4 Å². The third-order valence-electron chi connectivity index (χ3n) is 2.15. The van der Waals surface area contributed by atoms with E-state index < -0.39 is 11.9 Å². The molecule has 1 aliphatic rings. The van der Waals surface area contributed by atoms with E-state index in [1.807, 2.05) is 0 Å². The molecule has 0 bridgehead atoms. The van der Waals surface area contributed by atoms with Gasteiger partial charge in [0.15, 0.2) is 0 Å². The zero-order chi connectivity index (χ0) is 9.14. The highest BCUT2D eigenvalue weighted by Crippen LogP contribution is 2.14. The van der Waals surface area contributed by atoms with Gasteiger partial charge in [0.25, 0.3) is 0 Å². The van der Waals surface area contributed by atoms with Crippen LogP contribution in [0.15, 0.2) is 0 Å². The van der Waals surface area contributed by atoms with Gasteiger partial charge in [-0.25, -0.2) is 0 Å². The lowest BCUT2D eigenvalue weighted by Crippen LogP contribution is -2.49. The highest BCUT2D eigenvalue weighted by Gasteiger charge is 2.27. The first-order valence-electron chi connectivity index (χ1n) is 3.93. The molecule has 5 N–H and O–H groups in total. The monoisotopic (exact) mass is 171 g/mol. The Hall–Kier alpha value is -1.10. The molecule has 0 aliphatic carbocycles. The predicted molar refractivity (Wildman–Crippen MR) is 42.9 cm³/mol. The molecule has 0 aromatic carbocycles. The van der Waals surface area contributed by atoms with Crippen LogP contribution in [0.2, 0.25) is 0 Å². The van der Waals surface area contributed by atoms with Crippen molar-refractivity contribution >= 4 is 11.8 Å². The highest BCUT2D eigenvalue weighted by atomic mass is 16.2. The van der Waals surface area contributed by atoms with Crippen molar-refractivity contribution in [3.8, 4) is 0 Å². The molecule has 5 heteroatoms. The van der Waals surface area contributed by atoms with Gasteiger partial charge in [0.2, 0.25) is 11.8 Å². The van der Waals surface area contributed by atoms with Gasteiger partial charge in [-0.3, -0.25) is 9.59 Å². The topological polar surface area (TPSA) is 98.2 Å². The first-order valence-corrected chi connectivity index (χ1v) is 3.93. The lowest BCUT2D eigenvalue weighted by Gasteiger charge is -2.26. The second-order valence-corrected chi connectivity index (χ2v) is 3.03. The number of hydrogen-bond acceptors (Lipinski definition) is 3.